The Morgan fingerprint density at radius 1 is 0.821 bits per heavy atom. The van der Waals surface area contributed by atoms with E-state index in [-0.39, 0.29) is 26.2 Å². The summed E-state index contributed by atoms with van der Waals surface area (Å²) in [5.74, 6) is -2.31. The molecule has 2 N–H and O–H groups in total. The van der Waals surface area contributed by atoms with Gasteiger partial charge in [0.05, 0.1) is 0 Å². The molecule has 0 bridgehead atoms. The average Bonchev–Trinajstić information content (AvgIpc) is 2.74. The fraction of sp³-hybridized carbons (Fsp3) is 0.217. The molecule has 0 saturated carbocycles. The normalized spacial score (nSPS) is 10.4. The highest BCUT2D eigenvalue weighted by Gasteiger charge is 2.29. The zero-order chi connectivity index (χ0) is 20.4. The number of carbonyl (C=O) groups excluding carboxylic acids is 2. The van der Waals surface area contributed by atoms with Gasteiger partial charge >= 0.3 is 11.9 Å². The van der Waals surface area contributed by atoms with Crippen LogP contribution in [0.25, 0.3) is 12.2 Å². The van der Waals surface area contributed by atoms with Crippen molar-refractivity contribution in [3.63, 3.8) is 0 Å². The van der Waals surface area contributed by atoms with Crippen molar-refractivity contribution in [3.05, 3.63) is 83.9 Å². The summed E-state index contributed by atoms with van der Waals surface area (Å²) in [5.41, 5.74) is 9.14. The quantitative estimate of drug-likeness (QED) is 0.503. The van der Waals surface area contributed by atoms with Crippen LogP contribution in [-0.4, -0.2) is 18.5 Å². The average molecular weight is 379 g/mol. The van der Waals surface area contributed by atoms with Crippen LogP contribution in [0.3, 0.4) is 0 Å². The van der Waals surface area contributed by atoms with Crippen LogP contribution in [0.15, 0.2) is 61.7 Å². The molecule has 5 nitrogen and oxygen atoms in total. The van der Waals surface area contributed by atoms with Gasteiger partial charge in [0, 0.05) is 0 Å². The number of rotatable bonds is 10. The van der Waals surface area contributed by atoms with Gasteiger partial charge in [-0.2, -0.15) is 0 Å². The first-order valence-corrected chi connectivity index (χ1v) is 9.03. The molecule has 2 aromatic rings. The van der Waals surface area contributed by atoms with Gasteiger partial charge in [0.2, 0.25) is 0 Å². The van der Waals surface area contributed by atoms with E-state index in [1.807, 2.05) is 48.5 Å². The lowest BCUT2D eigenvalue weighted by atomic mass is 10.1. The van der Waals surface area contributed by atoms with E-state index in [1.165, 1.54) is 0 Å². The van der Waals surface area contributed by atoms with Crippen molar-refractivity contribution in [2.75, 3.05) is 6.54 Å². The first kappa shape index (κ1) is 21.1. The predicted molar refractivity (Wildman–Crippen MR) is 110 cm³/mol. The van der Waals surface area contributed by atoms with Crippen molar-refractivity contribution < 1.29 is 19.1 Å². The lowest BCUT2D eigenvalue weighted by molar-refractivity contribution is -0.164. The van der Waals surface area contributed by atoms with Crippen LogP contribution in [0, 0.1) is 5.92 Å². The topological polar surface area (TPSA) is 78.6 Å². The Morgan fingerprint density at radius 2 is 1.21 bits per heavy atom. The van der Waals surface area contributed by atoms with Gasteiger partial charge in [0.15, 0.2) is 5.92 Å². The van der Waals surface area contributed by atoms with Gasteiger partial charge < -0.3 is 15.2 Å². The summed E-state index contributed by atoms with van der Waals surface area (Å²) in [6.45, 7) is 7.72. The summed E-state index contributed by atoms with van der Waals surface area (Å²) in [6.07, 6.45) is 3.63. The molecule has 0 aliphatic heterocycles. The van der Waals surface area contributed by atoms with E-state index in [0.29, 0.717) is 0 Å². The molecule has 0 aliphatic rings. The van der Waals surface area contributed by atoms with E-state index in [2.05, 4.69) is 13.2 Å². The third kappa shape index (κ3) is 6.21. The van der Waals surface area contributed by atoms with E-state index >= 15 is 0 Å². The third-order valence-electron chi connectivity index (χ3n) is 4.22. The molecule has 28 heavy (non-hydrogen) atoms. The van der Waals surface area contributed by atoms with Crippen molar-refractivity contribution in [2.45, 2.75) is 19.6 Å². The van der Waals surface area contributed by atoms with Gasteiger partial charge in [-0.25, -0.2) is 0 Å². The Morgan fingerprint density at radius 3 is 1.54 bits per heavy atom. The Hall–Kier alpha value is -3.18. The van der Waals surface area contributed by atoms with E-state index in [0.717, 1.165) is 22.3 Å². The maximum absolute atomic E-state index is 12.4. The Labute approximate surface area is 165 Å². The minimum absolute atomic E-state index is 0.0770. The maximum Gasteiger partial charge on any atom is 0.320 e. The Kier molecular flexibility index (Phi) is 8.18. The molecule has 2 rings (SSSR count). The fourth-order valence-corrected chi connectivity index (χ4v) is 2.51. The number of ether oxygens (including phenoxy) is 2. The summed E-state index contributed by atoms with van der Waals surface area (Å²) in [6, 6.07) is 14.9. The second-order valence-corrected chi connectivity index (χ2v) is 6.24. The Bertz CT molecular complexity index is 742. The highest BCUT2D eigenvalue weighted by Crippen LogP contribution is 2.14. The van der Waals surface area contributed by atoms with Crippen LogP contribution in [0.4, 0.5) is 0 Å². The van der Waals surface area contributed by atoms with E-state index in [9.17, 15) is 9.59 Å². The lowest BCUT2D eigenvalue weighted by Crippen LogP contribution is -2.30. The molecule has 0 radical (unpaired) electrons. The number of benzene rings is 2. The largest absolute Gasteiger partial charge is 0.460 e. The zero-order valence-corrected chi connectivity index (χ0v) is 15.8. The molecular weight excluding hydrogens is 354 g/mol. The lowest BCUT2D eigenvalue weighted by Gasteiger charge is -2.15. The van der Waals surface area contributed by atoms with Crippen LogP contribution in [0.5, 0.6) is 0 Å². The third-order valence-corrected chi connectivity index (χ3v) is 4.22. The minimum atomic E-state index is -1.04. The number of nitrogens with two attached hydrogens (primary N) is 1. The molecule has 0 atom stereocenters. The fourth-order valence-electron chi connectivity index (χ4n) is 2.51. The van der Waals surface area contributed by atoms with Gasteiger partial charge in [-0.3, -0.25) is 9.59 Å². The van der Waals surface area contributed by atoms with Crippen LogP contribution in [0.2, 0.25) is 0 Å². The highest BCUT2D eigenvalue weighted by atomic mass is 16.6. The summed E-state index contributed by atoms with van der Waals surface area (Å²) in [7, 11) is 0. The van der Waals surface area contributed by atoms with Crippen LogP contribution in [-0.2, 0) is 32.3 Å². The number of hydrogen-bond acceptors (Lipinski definition) is 5. The monoisotopic (exact) mass is 379 g/mol. The number of carbonyl (C=O) groups is 2. The highest BCUT2D eigenvalue weighted by molar-refractivity contribution is 5.94. The summed E-state index contributed by atoms with van der Waals surface area (Å²) < 4.78 is 10.6. The first-order chi connectivity index (χ1) is 13.6. The van der Waals surface area contributed by atoms with Gasteiger partial charge in [0.1, 0.15) is 13.2 Å². The number of hydrogen-bond donors (Lipinski definition) is 1. The maximum atomic E-state index is 12.4. The Balaban J connectivity index is 1.91. The molecule has 2 aromatic carbocycles. The SMILES string of the molecule is C=Cc1ccc(COC(=O)C(CCN)C(=O)OCc2ccc(C=C)cc2)cc1. The summed E-state index contributed by atoms with van der Waals surface area (Å²) >= 11 is 0. The van der Waals surface area contributed by atoms with E-state index in [4.69, 9.17) is 15.2 Å². The van der Waals surface area contributed by atoms with Gasteiger partial charge in [-0.1, -0.05) is 73.8 Å². The van der Waals surface area contributed by atoms with Gasteiger partial charge in [-0.15, -0.1) is 0 Å². The van der Waals surface area contributed by atoms with Crippen molar-refractivity contribution in [2.24, 2.45) is 11.7 Å². The van der Waals surface area contributed by atoms with Gasteiger partial charge in [-0.05, 0) is 35.2 Å². The molecule has 0 saturated heterocycles. The molecule has 0 aliphatic carbocycles. The molecule has 0 spiro atoms. The van der Waals surface area contributed by atoms with E-state index in [1.54, 1.807) is 12.2 Å². The molecule has 0 fully saturated rings. The van der Waals surface area contributed by atoms with Crippen LogP contribution >= 0.6 is 0 Å². The van der Waals surface area contributed by atoms with Crippen molar-refractivity contribution in [1.82, 2.24) is 0 Å². The standard InChI is InChI=1S/C23H25NO4/c1-3-17-5-9-19(10-6-17)15-27-22(25)21(13-14-24)23(26)28-16-20-11-7-18(4-2)8-12-20/h3-12,21H,1-2,13-16,24H2. The smallest absolute Gasteiger partial charge is 0.320 e. The molecule has 5 heteroatoms. The first-order valence-electron chi connectivity index (χ1n) is 9.03. The minimum Gasteiger partial charge on any atom is -0.460 e. The second kappa shape index (κ2) is 10.8. The van der Waals surface area contributed by atoms with Crippen LogP contribution in [0.1, 0.15) is 28.7 Å². The molecule has 146 valence electrons. The summed E-state index contributed by atoms with van der Waals surface area (Å²) in [4.78, 5) is 24.7. The molecule has 0 amide bonds. The molecular formula is C23H25NO4. The predicted octanol–water partition coefficient (Wildman–Crippen LogP) is 3.72. The summed E-state index contributed by atoms with van der Waals surface area (Å²) in [5, 5.41) is 0. The molecule has 0 aromatic heterocycles. The molecule has 0 heterocycles. The molecule has 0 unspecified atom stereocenters. The number of esters is 2. The van der Waals surface area contributed by atoms with Crippen molar-refractivity contribution >= 4 is 24.1 Å². The second-order valence-electron chi connectivity index (χ2n) is 6.24. The van der Waals surface area contributed by atoms with Crippen molar-refractivity contribution in [1.29, 1.82) is 0 Å². The van der Waals surface area contributed by atoms with Crippen molar-refractivity contribution in [3.8, 4) is 0 Å². The van der Waals surface area contributed by atoms with E-state index < -0.39 is 17.9 Å². The zero-order valence-electron chi connectivity index (χ0n) is 15.8. The van der Waals surface area contributed by atoms with Gasteiger partial charge in [0.25, 0.3) is 0 Å². The van der Waals surface area contributed by atoms with Crippen LogP contribution < -0.4 is 5.73 Å².